The summed E-state index contributed by atoms with van der Waals surface area (Å²) < 4.78 is 45.4. The number of pyridine rings is 1. The maximum atomic E-state index is 13.6. The molecule has 11 heteroatoms. The Balaban J connectivity index is 1.85. The molecule has 1 saturated heterocycles. The van der Waals surface area contributed by atoms with Crippen molar-refractivity contribution in [2.24, 2.45) is 0 Å². The molecule has 1 aromatic heterocycles. The van der Waals surface area contributed by atoms with E-state index in [1.165, 1.54) is 11.8 Å². The van der Waals surface area contributed by atoms with Crippen LogP contribution >= 0.6 is 11.6 Å². The number of amides is 1. The number of halogens is 4. The van der Waals surface area contributed by atoms with Gasteiger partial charge in [-0.1, -0.05) is 11.6 Å². The van der Waals surface area contributed by atoms with Crippen molar-refractivity contribution in [2.45, 2.75) is 13.1 Å². The van der Waals surface area contributed by atoms with Gasteiger partial charge in [0.05, 0.1) is 17.7 Å². The second-order valence-corrected chi connectivity index (χ2v) is 7.31. The molecule has 1 aliphatic heterocycles. The number of rotatable bonds is 4. The Morgan fingerprint density at radius 3 is 2.34 bits per heavy atom. The molecule has 1 aromatic carbocycles. The molecule has 2 aromatic rings. The third-order valence-corrected chi connectivity index (χ3v) is 5.10. The summed E-state index contributed by atoms with van der Waals surface area (Å²) in [5.74, 6) is -1.62. The lowest BCUT2D eigenvalue weighted by atomic mass is 10.1. The van der Waals surface area contributed by atoms with E-state index < -0.39 is 23.4 Å². The molecule has 1 amide bonds. The van der Waals surface area contributed by atoms with Crippen LogP contribution in [0.25, 0.3) is 0 Å². The summed E-state index contributed by atoms with van der Waals surface area (Å²) in [5, 5.41) is 9.96. The van der Waals surface area contributed by atoms with Crippen LogP contribution in [0.15, 0.2) is 30.3 Å². The summed E-state index contributed by atoms with van der Waals surface area (Å²) in [5.41, 5.74) is -1.96. The van der Waals surface area contributed by atoms with Gasteiger partial charge < -0.3 is 14.5 Å². The Kier molecular flexibility index (Phi) is 6.89. The first kappa shape index (κ1) is 23.3. The predicted octanol–water partition coefficient (Wildman–Crippen LogP) is 3.76. The number of anilines is 1. The number of nitrogens with zero attached hydrogens (tertiary/aromatic N) is 4. The zero-order chi connectivity index (χ0) is 23.5. The zero-order valence-corrected chi connectivity index (χ0v) is 17.7. The van der Waals surface area contributed by atoms with Crippen molar-refractivity contribution in [3.05, 3.63) is 57.7 Å². The molecule has 0 unspecified atom stereocenters. The quantitative estimate of drug-likeness (QED) is 0.638. The van der Waals surface area contributed by atoms with E-state index in [4.69, 9.17) is 11.6 Å². The molecule has 1 aliphatic rings. The van der Waals surface area contributed by atoms with Crippen LogP contribution < -0.4 is 4.90 Å². The van der Waals surface area contributed by atoms with Crippen LogP contribution in [-0.4, -0.2) is 54.5 Å². The molecule has 0 saturated carbocycles. The number of aromatic nitrogens is 1. The molecule has 0 spiro atoms. The number of alkyl halides is 3. The number of carbonyl (C=O) groups excluding carboxylic acids is 2. The van der Waals surface area contributed by atoms with Crippen molar-refractivity contribution >= 4 is 29.3 Å². The number of carbonyl (C=O) groups is 2. The van der Waals surface area contributed by atoms with Crippen LogP contribution in [0.3, 0.4) is 0 Å². The molecule has 1 fully saturated rings. The molecule has 0 aliphatic carbocycles. The summed E-state index contributed by atoms with van der Waals surface area (Å²) in [4.78, 5) is 31.3. The van der Waals surface area contributed by atoms with E-state index >= 15 is 0 Å². The molecular formula is C21H18ClF3N4O3. The van der Waals surface area contributed by atoms with E-state index in [1.807, 2.05) is 0 Å². The van der Waals surface area contributed by atoms with Crippen molar-refractivity contribution < 1.29 is 27.5 Å². The van der Waals surface area contributed by atoms with Gasteiger partial charge in [-0.05, 0) is 37.3 Å². The van der Waals surface area contributed by atoms with Crippen molar-refractivity contribution in [1.29, 1.82) is 5.26 Å². The fourth-order valence-electron chi connectivity index (χ4n) is 3.30. The number of nitriles is 1. The largest absolute Gasteiger partial charge is 0.462 e. The predicted molar refractivity (Wildman–Crippen MR) is 109 cm³/mol. The van der Waals surface area contributed by atoms with Gasteiger partial charge in [-0.15, -0.1) is 0 Å². The number of hydrogen-bond acceptors (Lipinski definition) is 6. The lowest BCUT2D eigenvalue weighted by Crippen LogP contribution is -2.49. The van der Waals surface area contributed by atoms with Gasteiger partial charge in [-0.25, -0.2) is 9.78 Å². The Morgan fingerprint density at radius 2 is 1.81 bits per heavy atom. The van der Waals surface area contributed by atoms with Crippen LogP contribution in [0.5, 0.6) is 0 Å². The Labute approximate surface area is 187 Å². The molecule has 0 atom stereocenters. The molecule has 3 rings (SSSR count). The van der Waals surface area contributed by atoms with Crippen molar-refractivity contribution in [1.82, 2.24) is 9.88 Å². The van der Waals surface area contributed by atoms with E-state index in [0.717, 1.165) is 6.07 Å². The number of hydrogen-bond donors (Lipinski definition) is 0. The third kappa shape index (κ3) is 4.94. The minimum absolute atomic E-state index is 0.122. The van der Waals surface area contributed by atoms with E-state index in [2.05, 4.69) is 9.72 Å². The van der Waals surface area contributed by atoms with Gasteiger partial charge in [0.25, 0.3) is 5.91 Å². The van der Waals surface area contributed by atoms with Crippen LogP contribution in [0, 0.1) is 11.3 Å². The number of benzene rings is 1. The topological polar surface area (TPSA) is 86.5 Å². The van der Waals surface area contributed by atoms with Gasteiger partial charge >= 0.3 is 12.1 Å². The molecule has 7 nitrogen and oxygen atoms in total. The highest BCUT2D eigenvalue weighted by Gasteiger charge is 2.40. The second kappa shape index (κ2) is 9.44. The van der Waals surface area contributed by atoms with Gasteiger partial charge in [-0.3, -0.25) is 4.79 Å². The first-order chi connectivity index (χ1) is 15.2. The Hall–Kier alpha value is -3.32. The lowest BCUT2D eigenvalue weighted by molar-refractivity contribution is -0.141. The highest BCUT2D eigenvalue weighted by Crippen LogP contribution is 2.34. The monoisotopic (exact) mass is 466 g/mol. The van der Waals surface area contributed by atoms with Gasteiger partial charge in [0.15, 0.2) is 5.69 Å². The maximum absolute atomic E-state index is 13.6. The normalized spacial score (nSPS) is 14.1. The first-order valence-electron chi connectivity index (χ1n) is 9.65. The summed E-state index contributed by atoms with van der Waals surface area (Å²) in [6, 6.07) is 9.03. The summed E-state index contributed by atoms with van der Waals surface area (Å²) in [6.07, 6.45) is -4.92. The van der Waals surface area contributed by atoms with Crippen LogP contribution in [-0.2, 0) is 10.9 Å². The van der Waals surface area contributed by atoms with Crippen molar-refractivity contribution in [3.8, 4) is 6.07 Å². The highest BCUT2D eigenvalue weighted by atomic mass is 35.5. The van der Waals surface area contributed by atoms with Gasteiger partial charge in [0.1, 0.15) is 11.9 Å². The van der Waals surface area contributed by atoms with E-state index in [-0.39, 0.29) is 50.1 Å². The minimum Gasteiger partial charge on any atom is -0.462 e. The summed E-state index contributed by atoms with van der Waals surface area (Å²) >= 11 is 5.84. The SMILES string of the molecule is CCOC(=O)c1cc(C#N)c(N2CCN(C(=O)c3ccc(Cl)cc3)CC2)nc1C(F)(F)F. The average Bonchev–Trinajstić information content (AvgIpc) is 2.78. The minimum atomic E-state index is -4.92. The highest BCUT2D eigenvalue weighted by molar-refractivity contribution is 6.30. The molecule has 0 bridgehead atoms. The van der Waals surface area contributed by atoms with Crippen molar-refractivity contribution in [3.63, 3.8) is 0 Å². The lowest BCUT2D eigenvalue weighted by Gasteiger charge is -2.36. The van der Waals surface area contributed by atoms with E-state index in [9.17, 15) is 28.0 Å². The number of esters is 1. The number of piperazine rings is 1. The Morgan fingerprint density at radius 1 is 1.19 bits per heavy atom. The average molecular weight is 467 g/mol. The maximum Gasteiger partial charge on any atom is 0.434 e. The molecule has 32 heavy (non-hydrogen) atoms. The standard InChI is InChI=1S/C21H18ClF3N4O3/c1-2-32-20(31)16-11-14(12-26)18(27-17(16)21(23,24)25)28-7-9-29(10-8-28)19(30)13-3-5-15(22)6-4-13/h3-6,11H,2,7-10H2,1H3. The fraction of sp³-hybridized carbons (Fsp3) is 0.333. The van der Waals surface area contributed by atoms with Crippen LogP contribution in [0.1, 0.15) is 38.9 Å². The molecule has 0 N–H and O–H groups in total. The smallest absolute Gasteiger partial charge is 0.434 e. The number of ether oxygens (including phenoxy) is 1. The second-order valence-electron chi connectivity index (χ2n) is 6.87. The van der Waals surface area contributed by atoms with E-state index in [0.29, 0.717) is 10.6 Å². The fourth-order valence-corrected chi connectivity index (χ4v) is 3.43. The van der Waals surface area contributed by atoms with Crippen LogP contribution in [0.4, 0.5) is 19.0 Å². The molecular weight excluding hydrogens is 449 g/mol. The summed E-state index contributed by atoms with van der Waals surface area (Å²) in [6.45, 7) is 2.10. The van der Waals surface area contributed by atoms with Crippen molar-refractivity contribution in [2.75, 3.05) is 37.7 Å². The third-order valence-electron chi connectivity index (χ3n) is 4.84. The Bertz CT molecular complexity index is 1060. The molecule has 168 valence electrons. The first-order valence-corrected chi connectivity index (χ1v) is 10.0. The van der Waals surface area contributed by atoms with Gasteiger partial charge in [-0.2, -0.15) is 18.4 Å². The molecule has 0 radical (unpaired) electrons. The van der Waals surface area contributed by atoms with Gasteiger partial charge in [0.2, 0.25) is 0 Å². The zero-order valence-electron chi connectivity index (χ0n) is 16.9. The molecule has 2 heterocycles. The summed E-state index contributed by atoms with van der Waals surface area (Å²) in [7, 11) is 0. The van der Waals surface area contributed by atoms with Gasteiger partial charge in [0, 0.05) is 36.8 Å². The van der Waals surface area contributed by atoms with Crippen LogP contribution in [0.2, 0.25) is 5.02 Å². The van der Waals surface area contributed by atoms with E-state index in [1.54, 1.807) is 35.2 Å².